The van der Waals surface area contributed by atoms with Crippen molar-refractivity contribution < 1.29 is 9.05 Å². The molecule has 0 saturated heterocycles. The van der Waals surface area contributed by atoms with Crippen molar-refractivity contribution in [3.05, 3.63) is 40.9 Å². The van der Waals surface area contributed by atoms with Gasteiger partial charge in [-0.3, -0.25) is 5.10 Å². The summed E-state index contributed by atoms with van der Waals surface area (Å²) in [6.07, 6.45) is 4.29. The van der Waals surface area contributed by atoms with E-state index in [9.17, 15) is 0 Å². The van der Waals surface area contributed by atoms with Gasteiger partial charge in [-0.1, -0.05) is 17.2 Å². The van der Waals surface area contributed by atoms with Crippen LogP contribution in [-0.4, -0.2) is 30.5 Å². The average Bonchev–Trinajstić information content (AvgIpc) is 3.19. The molecular weight excluding hydrogens is 284 g/mol. The summed E-state index contributed by atoms with van der Waals surface area (Å²) in [7, 11) is 0. The van der Waals surface area contributed by atoms with Gasteiger partial charge < -0.3 is 9.05 Å². The van der Waals surface area contributed by atoms with Crippen LogP contribution in [0.25, 0.3) is 0 Å². The Bertz CT molecular complexity index is 789. The number of rotatable bonds is 3. The molecule has 22 heavy (non-hydrogen) atoms. The van der Waals surface area contributed by atoms with Gasteiger partial charge in [-0.25, -0.2) is 0 Å². The lowest BCUT2D eigenvalue weighted by Crippen LogP contribution is -2.17. The highest BCUT2D eigenvalue weighted by Gasteiger charge is 2.31. The van der Waals surface area contributed by atoms with E-state index in [0.717, 1.165) is 18.5 Å². The Balaban J connectivity index is 1.59. The quantitative estimate of drug-likeness (QED) is 0.785. The topological polar surface area (TPSA) is 107 Å². The summed E-state index contributed by atoms with van der Waals surface area (Å²) < 4.78 is 10.4. The summed E-state index contributed by atoms with van der Waals surface area (Å²) in [6, 6.07) is 0. The van der Waals surface area contributed by atoms with Crippen LogP contribution in [0.4, 0.5) is 0 Å². The molecule has 3 aromatic heterocycles. The fourth-order valence-corrected chi connectivity index (χ4v) is 3.02. The van der Waals surface area contributed by atoms with Crippen LogP contribution in [0.5, 0.6) is 0 Å². The maximum atomic E-state index is 5.46. The molecule has 0 bridgehead atoms. The van der Waals surface area contributed by atoms with Crippen LogP contribution in [0, 0.1) is 12.8 Å². The van der Waals surface area contributed by atoms with E-state index in [-0.39, 0.29) is 5.92 Å². The fraction of sp³-hybridized carbons (Fsp3) is 0.500. The third kappa shape index (κ3) is 2.30. The van der Waals surface area contributed by atoms with Gasteiger partial charge in [0.05, 0.1) is 24.2 Å². The van der Waals surface area contributed by atoms with Crippen molar-refractivity contribution in [2.75, 3.05) is 0 Å². The van der Waals surface area contributed by atoms with Crippen LogP contribution in [0.3, 0.4) is 0 Å². The number of fused-ring (bicyclic) bond motifs is 1. The van der Waals surface area contributed by atoms with Crippen molar-refractivity contribution >= 4 is 0 Å². The Morgan fingerprint density at radius 1 is 1.23 bits per heavy atom. The van der Waals surface area contributed by atoms with Crippen molar-refractivity contribution in [2.24, 2.45) is 5.92 Å². The Morgan fingerprint density at radius 2 is 2.05 bits per heavy atom. The fourth-order valence-electron chi connectivity index (χ4n) is 3.02. The second kappa shape index (κ2) is 5.04. The number of aryl methyl sites for hydroxylation is 1. The number of aromatic amines is 1. The van der Waals surface area contributed by atoms with Gasteiger partial charge in [-0.05, 0) is 24.3 Å². The highest BCUT2D eigenvalue weighted by atomic mass is 16.5. The van der Waals surface area contributed by atoms with E-state index in [4.69, 9.17) is 9.05 Å². The summed E-state index contributed by atoms with van der Waals surface area (Å²) in [6.45, 7) is 3.98. The lowest BCUT2D eigenvalue weighted by Gasteiger charge is -2.23. The molecule has 0 amide bonds. The van der Waals surface area contributed by atoms with Gasteiger partial charge in [0.25, 0.3) is 0 Å². The van der Waals surface area contributed by atoms with Gasteiger partial charge in [-0.15, -0.1) is 0 Å². The number of hydrogen-bond donors (Lipinski definition) is 1. The van der Waals surface area contributed by atoms with Crippen LogP contribution in [0.1, 0.15) is 54.0 Å². The molecule has 114 valence electrons. The maximum Gasteiger partial charge on any atom is 0.235 e. The second-order valence-corrected chi connectivity index (χ2v) is 5.86. The van der Waals surface area contributed by atoms with Crippen LogP contribution in [-0.2, 0) is 12.8 Å². The standard InChI is InChI=1S/C14H16N6O2/c1-7-3-9-6-15-18-13(9)10(4-7)14-17-12(20-22-14)5-11-16-8(2)21-19-11/h6-7,10H,3-5H2,1-2H3,(H,15,18). The first kappa shape index (κ1) is 13.2. The molecular formula is C14H16N6O2. The zero-order valence-corrected chi connectivity index (χ0v) is 12.4. The summed E-state index contributed by atoms with van der Waals surface area (Å²) >= 11 is 0. The number of nitrogens with zero attached hydrogens (tertiary/aromatic N) is 5. The van der Waals surface area contributed by atoms with E-state index < -0.39 is 0 Å². The summed E-state index contributed by atoms with van der Waals surface area (Å²) in [5, 5.41) is 15.1. The van der Waals surface area contributed by atoms with E-state index in [1.165, 1.54) is 5.56 Å². The van der Waals surface area contributed by atoms with E-state index in [1.807, 2.05) is 6.20 Å². The third-order valence-corrected chi connectivity index (χ3v) is 3.97. The van der Waals surface area contributed by atoms with Crippen LogP contribution < -0.4 is 0 Å². The Labute approximate surface area is 126 Å². The Kier molecular flexibility index (Phi) is 3.02. The molecule has 1 aliphatic rings. The van der Waals surface area contributed by atoms with E-state index in [0.29, 0.717) is 35.8 Å². The van der Waals surface area contributed by atoms with Crippen molar-refractivity contribution in [2.45, 2.75) is 39.0 Å². The van der Waals surface area contributed by atoms with Crippen molar-refractivity contribution in [3.8, 4) is 0 Å². The second-order valence-electron chi connectivity index (χ2n) is 5.86. The molecule has 2 atom stereocenters. The SMILES string of the molecule is Cc1nc(Cc2noc(C3CC(C)Cc4cn[nH]c43)n2)no1. The Hall–Kier alpha value is -2.51. The highest BCUT2D eigenvalue weighted by molar-refractivity contribution is 5.28. The monoisotopic (exact) mass is 300 g/mol. The van der Waals surface area contributed by atoms with Crippen molar-refractivity contribution in [1.29, 1.82) is 0 Å². The first-order valence-corrected chi connectivity index (χ1v) is 7.33. The minimum absolute atomic E-state index is 0.0782. The normalized spacial score (nSPS) is 21.0. The lowest BCUT2D eigenvalue weighted by molar-refractivity contribution is 0.330. The maximum absolute atomic E-state index is 5.46. The van der Waals surface area contributed by atoms with Gasteiger partial charge in [0.2, 0.25) is 11.8 Å². The highest BCUT2D eigenvalue weighted by Crippen LogP contribution is 2.37. The molecule has 3 heterocycles. The molecule has 0 fully saturated rings. The molecule has 3 aromatic rings. The number of aromatic nitrogens is 6. The van der Waals surface area contributed by atoms with Gasteiger partial charge in [0.1, 0.15) is 0 Å². The minimum atomic E-state index is 0.0782. The summed E-state index contributed by atoms with van der Waals surface area (Å²) in [4.78, 5) is 8.66. The predicted octanol–water partition coefficient (Wildman–Crippen LogP) is 1.79. The lowest BCUT2D eigenvalue weighted by atomic mass is 9.81. The summed E-state index contributed by atoms with van der Waals surface area (Å²) in [5.41, 5.74) is 2.32. The van der Waals surface area contributed by atoms with Gasteiger partial charge in [0, 0.05) is 6.92 Å². The van der Waals surface area contributed by atoms with Crippen LogP contribution in [0.15, 0.2) is 15.2 Å². The Morgan fingerprint density at radius 3 is 2.86 bits per heavy atom. The molecule has 0 aromatic carbocycles. The third-order valence-electron chi connectivity index (χ3n) is 3.97. The molecule has 0 radical (unpaired) electrons. The number of H-pyrrole nitrogens is 1. The van der Waals surface area contributed by atoms with E-state index in [1.54, 1.807) is 6.92 Å². The number of nitrogens with one attached hydrogen (secondary N) is 1. The van der Waals surface area contributed by atoms with Gasteiger partial charge in [0.15, 0.2) is 11.6 Å². The molecule has 1 N–H and O–H groups in total. The van der Waals surface area contributed by atoms with Gasteiger partial charge in [-0.2, -0.15) is 15.1 Å². The molecule has 8 heteroatoms. The van der Waals surface area contributed by atoms with Crippen LogP contribution in [0.2, 0.25) is 0 Å². The average molecular weight is 300 g/mol. The van der Waals surface area contributed by atoms with E-state index >= 15 is 0 Å². The largest absolute Gasteiger partial charge is 0.340 e. The van der Waals surface area contributed by atoms with Crippen molar-refractivity contribution in [3.63, 3.8) is 0 Å². The first-order chi connectivity index (χ1) is 10.7. The van der Waals surface area contributed by atoms with Crippen LogP contribution >= 0.6 is 0 Å². The number of hydrogen-bond acceptors (Lipinski definition) is 7. The molecule has 1 aliphatic carbocycles. The summed E-state index contributed by atoms with van der Waals surface area (Å²) in [5.74, 6) is 2.91. The molecule has 2 unspecified atom stereocenters. The predicted molar refractivity (Wildman–Crippen MR) is 74.1 cm³/mol. The molecule has 8 nitrogen and oxygen atoms in total. The zero-order chi connectivity index (χ0) is 15.1. The molecule has 0 spiro atoms. The van der Waals surface area contributed by atoms with Gasteiger partial charge >= 0.3 is 0 Å². The first-order valence-electron chi connectivity index (χ1n) is 7.33. The minimum Gasteiger partial charge on any atom is -0.340 e. The smallest absolute Gasteiger partial charge is 0.235 e. The zero-order valence-electron chi connectivity index (χ0n) is 12.4. The molecule has 0 saturated carbocycles. The van der Waals surface area contributed by atoms with Crippen molar-refractivity contribution in [1.82, 2.24) is 30.5 Å². The van der Waals surface area contributed by atoms with E-state index in [2.05, 4.69) is 37.4 Å². The molecule has 0 aliphatic heterocycles. The molecule has 4 rings (SSSR count).